The van der Waals surface area contributed by atoms with Crippen molar-refractivity contribution in [2.75, 3.05) is 11.9 Å². The maximum Gasteiger partial charge on any atom is 0.0849 e. The van der Waals surface area contributed by atoms with E-state index >= 15 is 0 Å². The lowest BCUT2D eigenvalue weighted by atomic mass is 10.2. The quantitative estimate of drug-likeness (QED) is 0.590. The number of anilines is 1. The summed E-state index contributed by atoms with van der Waals surface area (Å²) in [6.45, 7) is 4.72. The van der Waals surface area contributed by atoms with Crippen LogP contribution in [0.25, 0.3) is 0 Å². The van der Waals surface area contributed by atoms with E-state index in [0.29, 0.717) is 6.61 Å². The molecule has 0 atom stereocenters. The molecule has 0 amide bonds. The Kier molecular flexibility index (Phi) is 6.26. The van der Waals surface area contributed by atoms with Crippen LogP contribution in [0.15, 0.2) is 48.4 Å². The molecule has 0 fully saturated rings. The average molecular weight is 252 g/mol. The average Bonchev–Trinajstić information content (AvgIpc) is 2.29. The van der Waals surface area contributed by atoms with Gasteiger partial charge in [0.2, 0.25) is 0 Å². The minimum absolute atomic E-state index is 0.674. The SMILES string of the molecule is CC/C=C(/C=C/OCC)Nc1cccc(Cl)c1. The number of hydrogen-bond donors (Lipinski definition) is 1. The van der Waals surface area contributed by atoms with E-state index in [9.17, 15) is 0 Å². The fourth-order valence-corrected chi connectivity index (χ4v) is 1.52. The van der Waals surface area contributed by atoms with Gasteiger partial charge in [-0.15, -0.1) is 0 Å². The number of benzene rings is 1. The van der Waals surface area contributed by atoms with Crippen LogP contribution in [0, 0.1) is 0 Å². The standard InChI is InChI=1S/C14H18ClNO/c1-3-6-13(9-10-17-4-2)16-14-8-5-7-12(15)11-14/h5-11,16H,3-4H2,1-2H3/b10-9+,13-6-. The Balaban J connectivity index is 2.70. The highest BCUT2D eigenvalue weighted by atomic mass is 35.5. The van der Waals surface area contributed by atoms with Crippen molar-refractivity contribution in [3.05, 3.63) is 53.4 Å². The zero-order valence-corrected chi connectivity index (χ0v) is 11.0. The summed E-state index contributed by atoms with van der Waals surface area (Å²) in [6, 6.07) is 7.63. The number of hydrogen-bond acceptors (Lipinski definition) is 2. The first kappa shape index (κ1) is 13.7. The molecule has 17 heavy (non-hydrogen) atoms. The molecule has 0 spiro atoms. The summed E-state index contributed by atoms with van der Waals surface area (Å²) in [4.78, 5) is 0. The molecule has 0 radical (unpaired) electrons. The first-order valence-electron chi connectivity index (χ1n) is 5.77. The molecule has 0 aliphatic rings. The molecule has 0 aromatic heterocycles. The Bertz CT molecular complexity index is 399. The van der Waals surface area contributed by atoms with Gasteiger partial charge in [-0.25, -0.2) is 0 Å². The van der Waals surface area contributed by atoms with E-state index in [1.807, 2.05) is 37.3 Å². The second-order valence-electron chi connectivity index (χ2n) is 3.46. The molecule has 1 rings (SSSR count). The normalized spacial score (nSPS) is 11.8. The fourth-order valence-electron chi connectivity index (χ4n) is 1.33. The molecule has 0 aliphatic heterocycles. The predicted octanol–water partition coefficient (Wildman–Crippen LogP) is 4.60. The van der Waals surface area contributed by atoms with Crippen LogP contribution in [0.5, 0.6) is 0 Å². The molecular weight excluding hydrogens is 234 g/mol. The van der Waals surface area contributed by atoms with E-state index in [-0.39, 0.29) is 0 Å². The highest BCUT2D eigenvalue weighted by Gasteiger charge is 1.95. The number of ether oxygens (including phenoxy) is 1. The first-order chi connectivity index (χ1) is 8.26. The van der Waals surface area contributed by atoms with Crippen LogP contribution >= 0.6 is 11.6 Å². The van der Waals surface area contributed by atoms with E-state index < -0.39 is 0 Å². The van der Waals surface area contributed by atoms with Crippen LogP contribution in [-0.2, 0) is 4.74 Å². The summed E-state index contributed by atoms with van der Waals surface area (Å²) >= 11 is 5.93. The van der Waals surface area contributed by atoms with Gasteiger partial charge in [0.05, 0.1) is 12.9 Å². The molecule has 0 unspecified atom stereocenters. The van der Waals surface area contributed by atoms with Gasteiger partial charge in [-0.2, -0.15) is 0 Å². The fraction of sp³-hybridized carbons (Fsp3) is 0.286. The van der Waals surface area contributed by atoms with Crippen LogP contribution < -0.4 is 5.32 Å². The monoisotopic (exact) mass is 251 g/mol. The Morgan fingerprint density at radius 3 is 2.88 bits per heavy atom. The molecule has 92 valence electrons. The highest BCUT2D eigenvalue weighted by Crippen LogP contribution is 2.17. The molecule has 2 nitrogen and oxygen atoms in total. The van der Waals surface area contributed by atoms with Gasteiger partial charge in [0.15, 0.2) is 0 Å². The third-order valence-corrected chi connectivity index (χ3v) is 2.28. The van der Waals surface area contributed by atoms with Crippen molar-refractivity contribution < 1.29 is 4.74 Å². The third-order valence-electron chi connectivity index (χ3n) is 2.05. The van der Waals surface area contributed by atoms with Gasteiger partial charge in [-0.1, -0.05) is 30.7 Å². The van der Waals surface area contributed by atoms with Gasteiger partial charge in [-0.3, -0.25) is 0 Å². The second-order valence-corrected chi connectivity index (χ2v) is 3.90. The summed E-state index contributed by atoms with van der Waals surface area (Å²) in [5.41, 5.74) is 1.97. The van der Waals surface area contributed by atoms with Crippen LogP contribution in [0.3, 0.4) is 0 Å². The van der Waals surface area contributed by atoms with E-state index in [1.54, 1.807) is 6.26 Å². The summed E-state index contributed by atoms with van der Waals surface area (Å²) < 4.78 is 5.18. The minimum atomic E-state index is 0.674. The highest BCUT2D eigenvalue weighted by molar-refractivity contribution is 6.30. The van der Waals surface area contributed by atoms with Gasteiger partial charge < -0.3 is 10.1 Å². The maximum atomic E-state index is 5.93. The topological polar surface area (TPSA) is 21.3 Å². The van der Waals surface area contributed by atoms with Crippen molar-refractivity contribution in [3.8, 4) is 0 Å². The van der Waals surface area contributed by atoms with Crippen molar-refractivity contribution in [1.82, 2.24) is 0 Å². The largest absolute Gasteiger partial charge is 0.501 e. The van der Waals surface area contributed by atoms with Crippen molar-refractivity contribution in [3.63, 3.8) is 0 Å². The van der Waals surface area contributed by atoms with Crippen LogP contribution in [0.4, 0.5) is 5.69 Å². The lowest BCUT2D eigenvalue weighted by molar-refractivity contribution is 0.269. The van der Waals surface area contributed by atoms with Crippen molar-refractivity contribution in [2.24, 2.45) is 0 Å². The van der Waals surface area contributed by atoms with Crippen molar-refractivity contribution >= 4 is 17.3 Å². The lowest BCUT2D eigenvalue weighted by Crippen LogP contribution is -1.97. The maximum absolute atomic E-state index is 5.93. The molecule has 3 heteroatoms. The Hall–Kier alpha value is -1.41. The van der Waals surface area contributed by atoms with Crippen molar-refractivity contribution in [1.29, 1.82) is 0 Å². The van der Waals surface area contributed by atoms with Crippen LogP contribution in [0.2, 0.25) is 5.02 Å². The summed E-state index contributed by atoms with van der Waals surface area (Å²) in [5, 5.41) is 4.01. The molecular formula is C14H18ClNO. The van der Waals surface area contributed by atoms with E-state index in [4.69, 9.17) is 16.3 Å². The first-order valence-corrected chi connectivity index (χ1v) is 6.15. The Morgan fingerprint density at radius 2 is 2.24 bits per heavy atom. The molecule has 1 aromatic carbocycles. The van der Waals surface area contributed by atoms with Gasteiger partial charge in [0.25, 0.3) is 0 Å². The lowest BCUT2D eigenvalue weighted by Gasteiger charge is -2.07. The van der Waals surface area contributed by atoms with E-state index in [1.165, 1.54) is 0 Å². The minimum Gasteiger partial charge on any atom is -0.501 e. The Morgan fingerprint density at radius 1 is 1.41 bits per heavy atom. The molecule has 0 heterocycles. The van der Waals surface area contributed by atoms with E-state index in [0.717, 1.165) is 22.8 Å². The predicted molar refractivity (Wildman–Crippen MR) is 74.2 cm³/mol. The molecule has 0 saturated carbocycles. The number of nitrogens with one attached hydrogen (secondary N) is 1. The summed E-state index contributed by atoms with van der Waals surface area (Å²) in [6.07, 6.45) is 6.66. The van der Waals surface area contributed by atoms with E-state index in [2.05, 4.69) is 18.3 Å². The van der Waals surface area contributed by atoms with Gasteiger partial charge in [0.1, 0.15) is 0 Å². The zero-order valence-electron chi connectivity index (χ0n) is 10.2. The summed E-state index contributed by atoms with van der Waals surface area (Å²) in [5.74, 6) is 0. The molecule has 0 aliphatic carbocycles. The van der Waals surface area contributed by atoms with Crippen molar-refractivity contribution in [2.45, 2.75) is 20.3 Å². The smallest absolute Gasteiger partial charge is 0.0849 e. The molecule has 1 N–H and O–H groups in total. The van der Waals surface area contributed by atoms with Crippen LogP contribution in [-0.4, -0.2) is 6.61 Å². The second kappa shape index (κ2) is 7.80. The number of halogens is 1. The number of rotatable bonds is 6. The molecule has 0 bridgehead atoms. The number of allylic oxidation sites excluding steroid dienone is 2. The Labute approximate surface area is 108 Å². The van der Waals surface area contributed by atoms with Crippen LogP contribution in [0.1, 0.15) is 20.3 Å². The van der Waals surface area contributed by atoms with Gasteiger partial charge in [0, 0.05) is 16.4 Å². The zero-order chi connectivity index (χ0) is 12.5. The van der Waals surface area contributed by atoms with Gasteiger partial charge in [-0.05, 0) is 37.6 Å². The summed E-state index contributed by atoms with van der Waals surface area (Å²) in [7, 11) is 0. The molecule has 0 saturated heterocycles. The third kappa shape index (κ3) is 5.45. The van der Waals surface area contributed by atoms with Gasteiger partial charge >= 0.3 is 0 Å². The molecule has 1 aromatic rings.